The fraction of sp³-hybridized carbons (Fsp3) is 0. The van der Waals surface area contributed by atoms with E-state index in [1.165, 1.54) is 24.3 Å². The van der Waals surface area contributed by atoms with Gasteiger partial charge in [0.25, 0.3) is 0 Å². The quantitative estimate of drug-likeness (QED) is 0.425. The van der Waals surface area contributed by atoms with Crippen LogP contribution < -0.4 is 69.3 Å². The van der Waals surface area contributed by atoms with Crippen LogP contribution in [0, 0.1) is 0 Å². The number of carboxylic acids is 2. The molecular formula is C14H6Na2O6S. The van der Waals surface area contributed by atoms with E-state index in [0.717, 1.165) is 12.1 Å². The molecule has 9 heteroatoms. The molecule has 0 saturated carbocycles. The summed E-state index contributed by atoms with van der Waals surface area (Å²) >= 11 is 0. The van der Waals surface area contributed by atoms with Gasteiger partial charge in [-0.05, 0) is 0 Å². The number of hydrogen-bond acceptors (Lipinski definition) is 6. The summed E-state index contributed by atoms with van der Waals surface area (Å²) in [6.07, 6.45) is 0. The molecule has 1 aliphatic rings. The number of carbonyl (C=O) groups excluding carboxylic acids is 2. The van der Waals surface area contributed by atoms with Crippen LogP contribution in [0.3, 0.4) is 0 Å². The Labute approximate surface area is 176 Å². The molecule has 6 nitrogen and oxygen atoms in total. The van der Waals surface area contributed by atoms with Gasteiger partial charge in [0.1, 0.15) is 0 Å². The zero-order valence-electron chi connectivity index (χ0n) is 12.3. The maximum Gasteiger partial charge on any atom is 1.00 e. The average molecular weight is 348 g/mol. The van der Waals surface area contributed by atoms with Crippen LogP contribution >= 0.6 is 0 Å². The molecule has 23 heavy (non-hydrogen) atoms. The molecule has 0 aromatic heterocycles. The summed E-state index contributed by atoms with van der Waals surface area (Å²) in [4.78, 5) is 21.4. The molecule has 0 unspecified atom stereocenters. The van der Waals surface area contributed by atoms with Gasteiger partial charge in [-0.25, -0.2) is 8.42 Å². The van der Waals surface area contributed by atoms with Crippen molar-refractivity contribution in [2.45, 2.75) is 9.79 Å². The Morgan fingerprint density at radius 3 is 1.39 bits per heavy atom. The number of rotatable bonds is 2. The minimum atomic E-state index is -4.26. The van der Waals surface area contributed by atoms with E-state index >= 15 is 0 Å². The Kier molecular flexibility index (Phi) is 6.26. The Bertz CT molecular complexity index is 851. The van der Waals surface area contributed by atoms with Crippen LogP contribution in [0.15, 0.2) is 46.2 Å². The summed E-state index contributed by atoms with van der Waals surface area (Å²) in [5.41, 5.74) is -0.689. The molecule has 0 radical (unpaired) electrons. The maximum absolute atomic E-state index is 12.5. The standard InChI is InChI=1S/C14H8O6S.2Na/c15-13(16)9-5-1-3-7-8-4-2-6-10(14(17)18)12(8)21(19,20)11(7)9;;/h1-6H,(H,15,16)(H,17,18);;/q;2*+1/p-2. The Hall–Kier alpha value is -0.670. The molecule has 0 atom stereocenters. The molecule has 106 valence electrons. The minimum absolute atomic E-state index is 0. The number of hydrogen-bond donors (Lipinski definition) is 0. The zero-order chi connectivity index (χ0) is 15.4. The van der Waals surface area contributed by atoms with E-state index in [2.05, 4.69) is 0 Å². The maximum atomic E-state index is 12.5. The van der Waals surface area contributed by atoms with Crippen LogP contribution in [0.2, 0.25) is 0 Å². The van der Waals surface area contributed by atoms with E-state index in [4.69, 9.17) is 0 Å². The van der Waals surface area contributed by atoms with E-state index < -0.39 is 42.7 Å². The largest absolute Gasteiger partial charge is 1.00 e. The Morgan fingerprint density at radius 1 is 0.739 bits per heavy atom. The third kappa shape index (κ3) is 3.02. The Balaban J connectivity index is 0.00000132. The number of benzene rings is 2. The number of carbonyl (C=O) groups is 2. The monoisotopic (exact) mass is 348 g/mol. The van der Waals surface area contributed by atoms with E-state index in [-0.39, 0.29) is 70.2 Å². The molecule has 0 N–H and O–H groups in total. The van der Waals surface area contributed by atoms with Gasteiger partial charge >= 0.3 is 59.1 Å². The van der Waals surface area contributed by atoms with Gasteiger partial charge in [-0.15, -0.1) is 0 Å². The molecule has 0 spiro atoms. The van der Waals surface area contributed by atoms with Gasteiger partial charge in [-0.2, -0.15) is 0 Å². The van der Waals surface area contributed by atoms with E-state index in [1.807, 2.05) is 0 Å². The third-order valence-corrected chi connectivity index (χ3v) is 5.25. The van der Waals surface area contributed by atoms with Crippen molar-refractivity contribution in [2.24, 2.45) is 0 Å². The van der Waals surface area contributed by atoms with Crippen molar-refractivity contribution in [1.29, 1.82) is 0 Å². The van der Waals surface area contributed by atoms with Gasteiger partial charge < -0.3 is 19.8 Å². The van der Waals surface area contributed by atoms with E-state index in [9.17, 15) is 28.2 Å². The molecular weight excluding hydrogens is 342 g/mol. The van der Waals surface area contributed by atoms with Crippen molar-refractivity contribution in [1.82, 2.24) is 0 Å². The minimum Gasteiger partial charge on any atom is -0.545 e. The van der Waals surface area contributed by atoms with Crippen molar-refractivity contribution >= 4 is 21.8 Å². The van der Waals surface area contributed by atoms with Crippen molar-refractivity contribution < 1.29 is 87.3 Å². The first-order chi connectivity index (χ1) is 9.85. The molecule has 1 aliphatic heterocycles. The van der Waals surface area contributed by atoms with Crippen LogP contribution in [0.4, 0.5) is 0 Å². The van der Waals surface area contributed by atoms with Crippen LogP contribution in [0.25, 0.3) is 11.1 Å². The normalized spacial score (nSPS) is 13.0. The Morgan fingerprint density at radius 2 is 1.09 bits per heavy atom. The van der Waals surface area contributed by atoms with Crippen molar-refractivity contribution in [2.75, 3.05) is 0 Å². The van der Waals surface area contributed by atoms with E-state index in [1.54, 1.807) is 0 Å². The molecule has 1 heterocycles. The van der Waals surface area contributed by atoms with Gasteiger partial charge in [0.2, 0.25) is 9.84 Å². The van der Waals surface area contributed by atoms with Gasteiger partial charge in [0, 0.05) is 22.3 Å². The number of carboxylic acid groups (broad SMARTS) is 2. The number of fused-ring (bicyclic) bond motifs is 3. The summed E-state index contributed by atoms with van der Waals surface area (Å²) in [7, 11) is -4.26. The molecule has 0 saturated heterocycles. The van der Waals surface area contributed by atoms with Crippen molar-refractivity contribution in [3.63, 3.8) is 0 Å². The average Bonchev–Trinajstić information content (AvgIpc) is 2.68. The summed E-state index contributed by atoms with van der Waals surface area (Å²) in [5, 5.41) is 22.2. The smallest absolute Gasteiger partial charge is 0.545 e. The van der Waals surface area contributed by atoms with Gasteiger partial charge in [0.05, 0.1) is 21.7 Å². The fourth-order valence-electron chi connectivity index (χ4n) is 2.50. The van der Waals surface area contributed by atoms with Gasteiger partial charge in [-0.3, -0.25) is 0 Å². The second-order valence-electron chi connectivity index (χ2n) is 4.44. The molecule has 3 rings (SSSR count). The van der Waals surface area contributed by atoms with Crippen LogP contribution in [0.1, 0.15) is 20.7 Å². The summed E-state index contributed by atoms with van der Waals surface area (Å²) in [6.45, 7) is 0. The third-order valence-electron chi connectivity index (χ3n) is 3.30. The SMILES string of the molecule is O=C([O-])c1cccc2c1S(=O)(=O)c1c(C(=O)[O-])cccc1-2.[Na+].[Na+]. The second-order valence-corrected chi connectivity index (χ2v) is 6.27. The number of aromatic carboxylic acids is 2. The van der Waals surface area contributed by atoms with Crippen molar-refractivity contribution in [3.8, 4) is 11.1 Å². The second kappa shape index (κ2) is 7.06. The first kappa shape index (κ1) is 20.4. The van der Waals surface area contributed by atoms with Gasteiger partial charge in [0.15, 0.2) is 0 Å². The van der Waals surface area contributed by atoms with Gasteiger partial charge in [-0.1, -0.05) is 36.4 Å². The summed E-state index contributed by atoms with van der Waals surface area (Å²) < 4.78 is 25.1. The molecule has 2 aromatic rings. The van der Waals surface area contributed by atoms with Crippen LogP contribution in [0.5, 0.6) is 0 Å². The predicted molar refractivity (Wildman–Crippen MR) is 66.0 cm³/mol. The fourth-order valence-corrected chi connectivity index (χ4v) is 4.52. The molecule has 0 aliphatic carbocycles. The van der Waals surface area contributed by atoms with Crippen LogP contribution in [-0.4, -0.2) is 20.4 Å². The molecule has 0 amide bonds. The predicted octanol–water partition coefficient (Wildman–Crippen LogP) is -6.77. The van der Waals surface area contributed by atoms with E-state index in [0.29, 0.717) is 0 Å². The molecule has 0 fully saturated rings. The molecule has 0 bridgehead atoms. The first-order valence-corrected chi connectivity index (χ1v) is 7.28. The summed E-state index contributed by atoms with van der Waals surface area (Å²) in [5.74, 6) is -3.28. The zero-order valence-corrected chi connectivity index (χ0v) is 17.1. The summed E-state index contributed by atoms with van der Waals surface area (Å²) in [6, 6.07) is 7.81. The molecule has 2 aromatic carbocycles. The van der Waals surface area contributed by atoms with Crippen molar-refractivity contribution in [3.05, 3.63) is 47.5 Å². The van der Waals surface area contributed by atoms with Crippen LogP contribution in [-0.2, 0) is 9.84 Å². The number of sulfone groups is 1. The first-order valence-electron chi connectivity index (χ1n) is 5.80. The topological polar surface area (TPSA) is 114 Å².